The van der Waals surface area contributed by atoms with Gasteiger partial charge in [0.1, 0.15) is 0 Å². The minimum absolute atomic E-state index is 0.0823. The molecule has 0 aromatic heterocycles. The van der Waals surface area contributed by atoms with Gasteiger partial charge in [-0.2, -0.15) is 5.26 Å². The molecule has 36 heavy (non-hydrogen) atoms. The molecule has 0 spiro atoms. The molecule has 2 aliphatic rings. The first-order valence-electron chi connectivity index (χ1n) is 13.1. The molecule has 2 aromatic carbocycles. The largest absolute Gasteiger partial charge is 0.377 e. The summed E-state index contributed by atoms with van der Waals surface area (Å²) in [6, 6.07) is 14.6. The number of carbonyl (C=O) groups is 1. The standard InChI is InChI=1S/C29H40N6O/c1-31(2)28-20-24(29(36)35-14-6-12-33(4)16-18-35)8-10-27(28)26-9-7-23(19-25(26)21-30)22-34-13-5-11-32(3)15-17-34/h7-10,19-20H,5-6,11-18,22H2,1-4H3. The minimum atomic E-state index is 0.0823. The quantitative estimate of drug-likeness (QED) is 0.644. The fraction of sp³-hybridized carbons (Fsp3) is 0.517. The lowest BCUT2D eigenvalue weighted by Gasteiger charge is -2.24. The molecule has 0 radical (unpaired) electrons. The van der Waals surface area contributed by atoms with Crippen molar-refractivity contribution in [1.29, 1.82) is 5.26 Å². The Morgan fingerprint density at radius 1 is 0.861 bits per heavy atom. The van der Waals surface area contributed by atoms with Crippen LogP contribution in [-0.4, -0.2) is 106 Å². The van der Waals surface area contributed by atoms with Gasteiger partial charge in [0, 0.05) is 75.7 Å². The smallest absolute Gasteiger partial charge is 0.253 e. The molecule has 2 aromatic rings. The molecule has 2 fully saturated rings. The van der Waals surface area contributed by atoms with E-state index < -0.39 is 0 Å². The van der Waals surface area contributed by atoms with Gasteiger partial charge in [-0.15, -0.1) is 0 Å². The van der Waals surface area contributed by atoms with E-state index in [1.54, 1.807) is 0 Å². The zero-order valence-corrected chi connectivity index (χ0v) is 22.3. The molecule has 0 saturated carbocycles. The van der Waals surface area contributed by atoms with Crippen molar-refractivity contribution >= 4 is 11.6 Å². The number of hydrogen-bond acceptors (Lipinski definition) is 6. The summed E-state index contributed by atoms with van der Waals surface area (Å²) in [5.74, 6) is 0.0823. The van der Waals surface area contributed by atoms with Crippen molar-refractivity contribution in [2.45, 2.75) is 19.4 Å². The van der Waals surface area contributed by atoms with E-state index in [9.17, 15) is 10.1 Å². The highest BCUT2D eigenvalue weighted by Crippen LogP contribution is 2.34. The number of likely N-dealkylation sites (N-methyl/N-ethyl adjacent to an activating group) is 2. The molecule has 2 saturated heterocycles. The SMILES string of the molecule is CN1CCCN(Cc2ccc(-c3ccc(C(=O)N4CCCN(C)CC4)cc3N(C)C)c(C#N)c2)CC1. The maximum absolute atomic E-state index is 13.3. The van der Waals surface area contributed by atoms with Crippen LogP contribution in [0.5, 0.6) is 0 Å². The molecule has 1 amide bonds. The third kappa shape index (κ3) is 6.25. The maximum Gasteiger partial charge on any atom is 0.253 e. The van der Waals surface area contributed by atoms with Crippen molar-refractivity contribution in [3.8, 4) is 17.2 Å². The summed E-state index contributed by atoms with van der Waals surface area (Å²) in [5, 5.41) is 10.0. The van der Waals surface area contributed by atoms with Gasteiger partial charge in [0.05, 0.1) is 11.6 Å². The van der Waals surface area contributed by atoms with Crippen LogP contribution in [0.3, 0.4) is 0 Å². The van der Waals surface area contributed by atoms with Gasteiger partial charge in [-0.25, -0.2) is 0 Å². The van der Waals surface area contributed by atoms with Crippen LogP contribution in [0.15, 0.2) is 36.4 Å². The third-order valence-corrected chi connectivity index (χ3v) is 7.45. The predicted molar refractivity (Wildman–Crippen MR) is 146 cm³/mol. The van der Waals surface area contributed by atoms with E-state index >= 15 is 0 Å². The topological polar surface area (TPSA) is 57.1 Å². The third-order valence-electron chi connectivity index (χ3n) is 7.45. The first kappa shape index (κ1) is 26.2. The van der Waals surface area contributed by atoms with E-state index in [0.29, 0.717) is 11.1 Å². The van der Waals surface area contributed by atoms with Crippen molar-refractivity contribution in [3.63, 3.8) is 0 Å². The number of anilines is 1. The van der Waals surface area contributed by atoms with Crippen molar-refractivity contribution in [1.82, 2.24) is 19.6 Å². The summed E-state index contributed by atoms with van der Waals surface area (Å²) < 4.78 is 0. The van der Waals surface area contributed by atoms with Gasteiger partial charge >= 0.3 is 0 Å². The molecule has 7 heteroatoms. The van der Waals surface area contributed by atoms with Crippen molar-refractivity contribution in [3.05, 3.63) is 53.1 Å². The normalized spacial score (nSPS) is 18.4. The monoisotopic (exact) mass is 488 g/mol. The molecule has 7 nitrogen and oxygen atoms in total. The van der Waals surface area contributed by atoms with Gasteiger partial charge in [0.25, 0.3) is 5.91 Å². The number of amides is 1. The maximum atomic E-state index is 13.3. The van der Waals surface area contributed by atoms with E-state index in [1.165, 1.54) is 12.0 Å². The Kier molecular flexibility index (Phi) is 8.63. The molecular weight excluding hydrogens is 448 g/mol. The fourth-order valence-electron chi connectivity index (χ4n) is 5.23. The van der Waals surface area contributed by atoms with Crippen LogP contribution in [0.2, 0.25) is 0 Å². The lowest BCUT2D eigenvalue weighted by molar-refractivity contribution is 0.0763. The molecule has 192 valence electrons. The van der Waals surface area contributed by atoms with Gasteiger partial charge in [0.15, 0.2) is 0 Å². The summed E-state index contributed by atoms with van der Waals surface area (Å²) in [6.07, 6.45) is 2.16. The molecule has 0 bridgehead atoms. The van der Waals surface area contributed by atoms with Crippen LogP contribution < -0.4 is 4.90 Å². The van der Waals surface area contributed by atoms with E-state index in [1.807, 2.05) is 48.2 Å². The predicted octanol–water partition coefficient (Wildman–Crippen LogP) is 3.21. The highest BCUT2D eigenvalue weighted by molar-refractivity contribution is 5.97. The molecule has 0 N–H and O–H groups in total. The van der Waals surface area contributed by atoms with E-state index in [0.717, 1.165) is 82.1 Å². The van der Waals surface area contributed by atoms with E-state index in [2.05, 4.69) is 47.0 Å². The molecule has 0 atom stereocenters. The van der Waals surface area contributed by atoms with Crippen LogP contribution in [0.4, 0.5) is 5.69 Å². The zero-order valence-electron chi connectivity index (χ0n) is 22.3. The summed E-state index contributed by atoms with van der Waals surface area (Å²) >= 11 is 0. The first-order valence-corrected chi connectivity index (χ1v) is 13.1. The molecule has 0 aliphatic carbocycles. The zero-order chi connectivity index (χ0) is 25.7. The molecule has 0 unspecified atom stereocenters. The number of rotatable bonds is 5. The fourth-order valence-corrected chi connectivity index (χ4v) is 5.23. The Bertz CT molecular complexity index is 1110. The van der Waals surface area contributed by atoms with Crippen LogP contribution in [0.25, 0.3) is 11.1 Å². The Hall–Kier alpha value is -2.92. The van der Waals surface area contributed by atoms with E-state index in [-0.39, 0.29) is 5.91 Å². The van der Waals surface area contributed by atoms with Crippen LogP contribution in [-0.2, 0) is 6.54 Å². The molecule has 2 heterocycles. The summed E-state index contributed by atoms with van der Waals surface area (Å²) in [7, 11) is 8.27. The lowest BCUT2D eigenvalue weighted by atomic mass is 9.95. The molecular formula is C29H40N6O. The second-order valence-corrected chi connectivity index (χ2v) is 10.5. The van der Waals surface area contributed by atoms with Gasteiger partial charge in [0.2, 0.25) is 0 Å². The number of nitriles is 1. The highest BCUT2D eigenvalue weighted by Gasteiger charge is 2.21. The minimum Gasteiger partial charge on any atom is -0.377 e. The molecule has 2 aliphatic heterocycles. The molecule has 4 rings (SSSR count). The van der Waals surface area contributed by atoms with Crippen molar-refractivity contribution in [2.75, 3.05) is 85.4 Å². The van der Waals surface area contributed by atoms with Crippen LogP contribution in [0, 0.1) is 11.3 Å². The Balaban J connectivity index is 1.58. The number of nitrogens with zero attached hydrogens (tertiary/aromatic N) is 6. The average Bonchev–Trinajstić information content (AvgIpc) is 3.22. The Morgan fingerprint density at radius 3 is 2.28 bits per heavy atom. The van der Waals surface area contributed by atoms with Gasteiger partial charge in [-0.05, 0) is 70.3 Å². The first-order chi connectivity index (χ1) is 17.4. The van der Waals surface area contributed by atoms with Crippen LogP contribution >= 0.6 is 0 Å². The Labute approximate surface area is 216 Å². The second-order valence-electron chi connectivity index (χ2n) is 10.5. The summed E-state index contributed by atoms with van der Waals surface area (Å²) in [5.41, 5.74) is 5.39. The van der Waals surface area contributed by atoms with Crippen molar-refractivity contribution in [2.24, 2.45) is 0 Å². The average molecular weight is 489 g/mol. The highest BCUT2D eigenvalue weighted by atomic mass is 16.2. The summed E-state index contributed by atoms with van der Waals surface area (Å²) in [4.78, 5) is 24.4. The van der Waals surface area contributed by atoms with Gasteiger partial charge in [-0.1, -0.05) is 18.2 Å². The number of benzene rings is 2. The van der Waals surface area contributed by atoms with Crippen LogP contribution in [0.1, 0.15) is 34.3 Å². The lowest BCUT2D eigenvalue weighted by Crippen LogP contribution is -2.34. The number of carbonyl (C=O) groups excluding carboxylic acids is 1. The number of hydrogen-bond donors (Lipinski definition) is 0. The van der Waals surface area contributed by atoms with Gasteiger partial charge in [-0.3, -0.25) is 9.69 Å². The Morgan fingerprint density at radius 2 is 1.56 bits per heavy atom. The second kappa shape index (κ2) is 11.9. The van der Waals surface area contributed by atoms with Gasteiger partial charge < -0.3 is 19.6 Å². The van der Waals surface area contributed by atoms with E-state index in [4.69, 9.17) is 0 Å². The van der Waals surface area contributed by atoms with Crippen molar-refractivity contribution < 1.29 is 4.79 Å². The summed E-state index contributed by atoms with van der Waals surface area (Å²) in [6.45, 7) is 8.67.